The van der Waals surface area contributed by atoms with Gasteiger partial charge in [0, 0.05) is 0 Å². The highest BCUT2D eigenvalue weighted by Crippen LogP contribution is 1.95. The van der Waals surface area contributed by atoms with Crippen molar-refractivity contribution in [2.24, 2.45) is 0 Å². The van der Waals surface area contributed by atoms with E-state index < -0.39 is 0 Å². The molecule has 0 fully saturated rings. The highest BCUT2D eigenvalue weighted by atomic mass is 13.8. The summed E-state index contributed by atoms with van der Waals surface area (Å²) in [6, 6.07) is 0. The van der Waals surface area contributed by atoms with Crippen molar-refractivity contribution in [1.82, 2.24) is 0 Å². The van der Waals surface area contributed by atoms with Gasteiger partial charge in [-0.15, -0.1) is 0 Å². The Bertz CT molecular complexity index is 154. The van der Waals surface area contributed by atoms with E-state index in [1.54, 1.807) is 0 Å². The van der Waals surface area contributed by atoms with E-state index in [-0.39, 0.29) is 0 Å². The predicted octanol–water partition coefficient (Wildman–Crippen LogP) is 7.31. The molecule has 0 bridgehead atoms. The third kappa shape index (κ3) is 45.1. The van der Waals surface area contributed by atoms with Gasteiger partial charge in [0.05, 0.1) is 0 Å². The van der Waals surface area contributed by atoms with Crippen LogP contribution >= 0.6 is 0 Å². The third-order valence-corrected chi connectivity index (χ3v) is 2.18. The summed E-state index contributed by atoms with van der Waals surface area (Å²) in [7, 11) is 0. The van der Waals surface area contributed by atoms with Crippen LogP contribution in [0.15, 0.2) is 23.3 Å². The van der Waals surface area contributed by atoms with E-state index in [4.69, 9.17) is 0 Å². The average Bonchev–Trinajstić information content (AvgIpc) is 2.27. The topological polar surface area (TPSA) is 0 Å². The molecular formula is C18H38. The Kier molecular flexibility index (Phi) is 27.3. The molecule has 0 rings (SSSR count). The van der Waals surface area contributed by atoms with Gasteiger partial charge in [-0.2, -0.15) is 0 Å². The van der Waals surface area contributed by atoms with Crippen LogP contribution in [0.4, 0.5) is 0 Å². The number of allylic oxidation sites excluding steroid dienone is 4. The molecule has 0 aliphatic rings. The van der Waals surface area contributed by atoms with Crippen molar-refractivity contribution < 1.29 is 0 Å². The van der Waals surface area contributed by atoms with Gasteiger partial charge in [-0.05, 0) is 40.5 Å². The maximum atomic E-state index is 2.23. The molecule has 0 heterocycles. The van der Waals surface area contributed by atoms with Crippen molar-refractivity contribution >= 4 is 0 Å². The fraction of sp³-hybridized carbons (Fsp3) is 0.778. The van der Waals surface area contributed by atoms with E-state index in [1.807, 2.05) is 0 Å². The molecule has 0 aliphatic carbocycles. The van der Waals surface area contributed by atoms with Crippen molar-refractivity contribution in [3.8, 4) is 0 Å². The maximum absolute atomic E-state index is 2.23. The van der Waals surface area contributed by atoms with Crippen molar-refractivity contribution in [2.45, 2.75) is 93.9 Å². The summed E-state index contributed by atoms with van der Waals surface area (Å²) in [6.07, 6.45) is 12.3. The molecule has 0 amide bonds. The van der Waals surface area contributed by atoms with E-state index in [2.05, 4.69) is 67.5 Å². The summed E-state index contributed by atoms with van der Waals surface area (Å²) >= 11 is 0. The molecule has 0 saturated heterocycles. The second kappa shape index (κ2) is 21.7. The first-order valence-electron chi connectivity index (χ1n) is 7.72. The molecule has 0 unspecified atom stereocenters. The Balaban J connectivity index is -0.000000187. The van der Waals surface area contributed by atoms with Gasteiger partial charge in [0.1, 0.15) is 0 Å². The molecule has 0 aliphatic heterocycles. The van der Waals surface area contributed by atoms with Gasteiger partial charge < -0.3 is 0 Å². The minimum atomic E-state index is 1.17. The second-order valence-electron chi connectivity index (χ2n) is 5.09. The van der Waals surface area contributed by atoms with Crippen LogP contribution in [0.5, 0.6) is 0 Å². The first-order chi connectivity index (χ1) is 8.45. The number of unbranched alkanes of at least 4 members (excludes halogenated alkanes) is 3. The monoisotopic (exact) mass is 254 g/mol. The Morgan fingerprint density at radius 2 is 0.889 bits per heavy atom. The maximum Gasteiger partial charge on any atom is -0.0377 e. The summed E-state index contributed by atoms with van der Waals surface area (Å²) in [6.45, 7) is 17.2. The largest absolute Gasteiger partial charge is 0.0862 e. The van der Waals surface area contributed by atoms with E-state index in [0.717, 1.165) is 0 Å². The zero-order valence-corrected chi connectivity index (χ0v) is 14.4. The van der Waals surface area contributed by atoms with Crippen molar-refractivity contribution in [2.75, 3.05) is 0 Å². The van der Waals surface area contributed by atoms with E-state index in [9.17, 15) is 0 Å². The molecule has 0 atom stereocenters. The number of hydrogen-bond donors (Lipinski definition) is 0. The summed E-state index contributed by atoms with van der Waals surface area (Å²) in [4.78, 5) is 0. The minimum Gasteiger partial charge on any atom is -0.0862 e. The van der Waals surface area contributed by atoms with Crippen LogP contribution in [0.3, 0.4) is 0 Å². The molecule has 0 N–H and O–H groups in total. The van der Waals surface area contributed by atoms with Crippen LogP contribution in [0.25, 0.3) is 0 Å². The quantitative estimate of drug-likeness (QED) is 0.356. The molecule has 0 aromatic rings. The molecule has 0 nitrogen and oxygen atoms in total. The van der Waals surface area contributed by atoms with Gasteiger partial charge in [-0.1, -0.05) is 76.7 Å². The smallest absolute Gasteiger partial charge is 0.0377 e. The lowest BCUT2D eigenvalue weighted by Crippen LogP contribution is -1.66. The molecular weight excluding hydrogens is 216 g/mol. The lowest BCUT2D eigenvalue weighted by atomic mass is 10.2. The van der Waals surface area contributed by atoms with Crippen molar-refractivity contribution in [3.05, 3.63) is 23.3 Å². The Hall–Kier alpha value is -0.520. The molecule has 0 heteroatoms. The minimum absolute atomic E-state index is 1.17. The molecule has 0 aromatic carbocycles. The summed E-state index contributed by atoms with van der Waals surface area (Å²) in [5.41, 5.74) is 2.83. The molecule has 0 aromatic heterocycles. The molecule has 0 saturated carbocycles. The summed E-state index contributed by atoms with van der Waals surface area (Å²) in [5, 5.41) is 0. The van der Waals surface area contributed by atoms with Crippen molar-refractivity contribution in [3.63, 3.8) is 0 Å². The fourth-order valence-electron chi connectivity index (χ4n) is 1.32. The second-order valence-corrected chi connectivity index (χ2v) is 5.09. The molecule has 110 valence electrons. The Morgan fingerprint density at radius 3 is 0.944 bits per heavy atom. The highest BCUT2D eigenvalue weighted by Gasteiger charge is 1.75. The van der Waals surface area contributed by atoms with Gasteiger partial charge in [0.15, 0.2) is 0 Å². The van der Waals surface area contributed by atoms with Gasteiger partial charge in [0.25, 0.3) is 0 Å². The zero-order valence-electron chi connectivity index (χ0n) is 14.4. The Morgan fingerprint density at radius 1 is 0.611 bits per heavy atom. The average molecular weight is 255 g/mol. The Labute approximate surface area is 118 Å². The first-order valence-corrected chi connectivity index (χ1v) is 7.72. The van der Waals surface area contributed by atoms with Crippen LogP contribution in [-0.2, 0) is 0 Å². The lowest BCUT2D eigenvalue weighted by molar-refractivity contribution is 0.702. The van der Waals surface area contributed by atoms with E-state index in [1.165, 1.54) is 49.7 Å². The van der Waals surface area contributed by atoms with Gasteiger partial charge >= 0.3 is 0 Å². The summed E-state index contributed by atoms with van der Waals surface area (Å²) < 4.78 is 0. The van der Waals surface area contributed by atoms with Gasteiger partial charge in [0.2, 0.25) is 0 Å². The van der Waals surface area contributed by atoms with Gasteiger partial charge in [-0.25, -0.2) is 0 Å². The van der Waals surface area contributed by atoms with Crippen LogP contribution in [0.2, 0.25) is 0 Å². The van der Waals surface area contributed by atoms with E-state index in [0.29, 0.717) is 0 Å². The van der Waals surface area contributed by atoms with Crippen LogP contribution in [0, 0.1) is 0 Å². The van der Waals surface area contributed by atoms with Crippen LogP contribution < -0.4 is 0 Å². The standard InChI is InChI=1S/2C6H12.C6H14/c2*1-4-5-6(2)3;1-3-5-6-4-2/h2*5H,4H2,1-3H3;3-6H2,1-2H3. The van der Waals surface area contributed by atoms with Crippen molar-refractivity contribution in [1.29, 1.82) is 0 Å². The highest BCUT2D eigenvalue weighted by molar-refractivity contribution is 4.91. The fourth-order valence-corrected chi connectivity index (χ4v) is 1.32. The predicted molar refractivity (Wildman–Crippen MR) is 89.3 cm³/mol. The van der Waals surface area contributed by atoms with Crippen LogP contribution in [-0.4, -0.2) is 0 Å². The normalized spacial score (nSPS) is 8.22. The molecule has 18 heavy (non-hydrogen) atoms. The van der Waals surface area contributed by atoms with E-state index >= 15 is 0 Å². The van der Waals surface area contributed by atoms with Gasteiger partial charge in [-0.3, -0.25) is 0 Å². The number of hydrogen-bond acceptors (Lipinski definition) is 0. The third-order valence-electron chi connectivity index (χ3n) is 2.18. The zero-order chi connectivity index (χ0) is 14.8. The first kappa shape index (κ1) is 22.6. The molecule has 0 spiro atoms. The summed E-state index contributed by atoms with van der Waals surface area (Å²) in [5.74, 6) is 0. The molecule has 0 radical (unpaired) electrons. The lowest BCUT2D eigenvalue weighted by Gasteiger charge is -1.86. The van der Waals surface area contributed by atoms with Crippen LogP contribution in [0.1, 0.15) is 93.9 Å². The number of rotatable bonds is 5. The SMILES string of the molecule is CCC=C(C)C.CCC=C(C)C.CCCCCC.